The summed E-state index contributed by atoms with van der Waals surface area (Å²) in [5, 5.41) is 2.36. The standard InChI is InChI=1S/C21H19F3N2O4/c1-12-20(29)26(2)16-10-13(6-8-18(16)30-12)17(27)7-9-19(28)25-15-5-3-4-14(11-15)21(22,23)24/h3-6,8,10-12H,7,9H2,1-2H3,(H,25,28). The van der Waals surface area contributed by atoms with E-state index in [0.29, 0.717) is 17.0 Å². The van der Waals surface area contributed by atoms with E-state index in [4.69, 9.17) is 4.74 Å². The number of nitrogens with one attached hydrogen (secondary N) is 1. The minimum atomic E-state index is -4.51. The van der Waals surface area contributed by atoms with Crippen LogP contribution >= 0.6 is 0 Å². The molecule has 30 heavy (non-hydrogen) atoms. The second kappa shape index (κ2) is 8.17. The molecule has 2 aromatic rings. The van der Waals surface area contributed by atoms with Gasteiger partial charge in [0.15, 0.2) is 11.9 Å². The topological polar surface area (TPSA) is 75.7 Å². The van der Waals surface area contributed by atoms with E-state index in [1.165, 1.54) is 23.1 Å². The zero-order valence-electron chi connectivity index (χ0n) is 16.2. The third-order valence-electron chi connectivity index (χ3n) is 4.68. The van der Waals surface area contributed by atoms with E-state index >= 15 is 0 Å². The molecule has 0 saturated carbocycles. The van der Waals surface area contributed by atoms with Gasteiger partial charge in [0, 0.05) is 31.1 Å². The highest BCUT2D eigenvalue weighted by molar-refractivity contribution is 6.04. The minimum Gasteiger partial charge on any atom is -0.479 e. The number of hydrogen-bond donors (Lipinski definition) is 1. The average Bonchev–Trinajstić information content (AvgIpc) is 2.70. The zero-order valence-corrected chi connectivity index (χ0v) is 16.2. The van der Waals surface area contributed by atoms with E-state index < -0.39 is 23.8 Å². The van der Waals surface area contributed by atoms with Gasteiger partial charge in [0.2, 0.25) is 5.91 Å². The lowest BCUT2D eigenvalue weighted by Crippen LogP contribution is -2.42. The molecule has 9 heteroatoms. The number of alkyl halides is 3. The van der Waals surface area contributed by atoms with E-state index in [-0.39, 0.29) is 30.2 Å². The molecule has 0 aromatic heterocycles. The number of amides is 2. The molecule has 0 fully saturated rings. The lowest BCUT2D eigenvalue weighted by molar-refractivity contribution is -0.137. The van der Waals surface area contributed by atoms with Crippen molar-refractivity contribution in [3.8, 4) is 5.75 Å². The van der Waals surface area contributed by atoms with Crippen LogP contribution in [0.1, 0.15) is 35.7 Å². The predicted molar refractivity (Wildman–Crippen MR) is 104 cm³/mol. The minimum absolute atomic E-state index is 0.00228. The Morgan fingerprint density at radius 3 is 2.57 bits per heavy atom. The van der Waals surface area contributed by atoms with Crippen LogP contribution in [0.2, 0.25) is 0 Å². The van der Waals surface area contributed by atoms with E-state index in [0.717, 1.165) is 12.1 Å². The summed E-state index contributed by atoms with van der Waals surface area (Å²) in [6.45, 7) is 1.63. The quantitative estimate of drug-likeness (QED) is 0.741. The highest BCUT2D eigenvalue weighted by Gasteiger charge is 2.31. The molecule has 2 aromatic carbocycles. The van der Waals surface area contributed by atoms with Crippen molar-refractivity contribution in [2.24, 2.45) is 0 Å². The molecule has 0 radical (unpaired) electrons. The number of carbonyl (C=O) groups excluding carboxylic acids is 3. The summed E-state index contributed by atoms with van der Waals surface area (Å²) in [7, 11) is 1.58. The average molecular weight is 420 g/mol. The van der Waals surface area contributed by atoms with Crippen LogP contribution < -0.4 is 15.0 Å². The second-order valence-electron chi connectivity index (χ2n) is 6.89. The van der Waals surface area contributed by atoms with E-state index in [2.05, 4.69) is 5.32 Å². The molecule has 6 nitrogen and oxygen atoms in total. The van der Waals surface area contributed by atoms with Gasteiger partial charge in [-0.2, -0.15) is 13.2 Å². The third-order valence-corrected chi connectivity index (χ3v) is 4.68. The summed E-state index contributed by atoms with van der Waals surface area (Å²) >= 11 is 0. The Bertz CT molecular complexity index is 1000. The van der Waals surface area contributed by atoms with E-state index in [1.807, 2.05) is 0 Å². The van der Waals surface area contributed by atoms with Gasteiger partial charge in [-0.25, -0.2) is 0 Å². The molecule has 1 atom stereocenters. The first-order valence-electron chi connectivity index (χ1n) is 9.15. The van der Waals surface area contributed by atoms with Crippen molar-refractivity contribution in [3.63, 3.8) is 0 Å². The van der Waals surface area contributed by atoms with E-state index in [9.17, 15) is 27.6 Å². The van der Waals surface area contributed by atoms with Gasteiger partial charge in [-0.3, -0.25) is 14.4 Å². The number of hydrogen-bond acceptors (Lipinski definition) is 4. The molecule has 1 heterocycles. The van der Waals surface area contributed by atoms with Gasteiger partial charge in [0.1, 0.15) is 5.75 Å². The van der Waals surface area contributed by atoms with E-state index in [1.54, 1.807) is 26.1 Å². The number of nitrogens with zero attached hydrogens (tertiary/aromatic N) is 1. The summed E-state index contributed by atoms with van der Waals surface area (Å²) in [6.07, 6.45) is -5.48. The van der Waals surface area contributed by atoms with Crippen molar-refractivity contribution in [2.75, 3.05) is 17.3 Å². The first-order chi connectivity index (χ1) is 14.1. The normalized spacial score (nSPS) is 16.0. The maximum Gasteiger partial charge on any atom is 0.416 e. The van der Waals surface area contributed by atoms with Crippen molar-refractivity contribution in [1.82, 2.24) is 0 Å². The van der Waals surface area contributed by atoms with Gasteiger partial charge in [-0.15, -0.1) is 0 Å². The smallest absolute Gasteiger partial charge is 0.416 e. The van der Waals surface area contributed by atoms with Crippen LogP contribution in [0.3, 0.4) is 0 Å². The van der Waals surface area contributed by atoms with Gasteiger partial charge >= 0.3 is 6.18 Å². The van der Waals surface area contributed by atoms with Gasteiger partial charge < -0.3 is 15.0 Å². The fourth-order valence-corrected chi connectivity index (χ4v) is 3.05. The Labute approximate surface area is 170 Å². The van der Waals surface area contributed by atoms with Gasteiger partial charge in [0.05, 0.1) is 11.3 Å². The number of rotatable bonds is 5. The highest BCUT2D eigenvalue weighted by atomic mass is 19.4. The first kappa shape index (κ1) is 21.4. The molecule has 0 spiro atoms. The Morgan fingerprint density at radius 1 is 1.13 bits per heavy atom. The summed E-state index contributed by atoms with van der Waals surface area (Å²) in [5.41, 5.74) is -0.112. The van der Waals surface area contributed by atoms with Crippen molar-refractivity contribution in [1.29, 1.82) is 0 Å². The fourth-order valence-electron chi connectivity index (χ4n) is 3.05. The molecule has 1 N–H and O–H groups in total. The van der Waals surface area contributed by atoms with Crippen LogP contribution in [0.5, 0.6) is 5.75 Å². The predicted octanol–water partition coefficient (Wildman–Crippen LogP) is 4.05. The lowest BCUT2D eigenvalue weighted by atomic mass is 10.0. The highest BCUT2D eigenvalue weighted by Crippen LogP contribution is 2.34. The molecular formula is C21H19F3N2O4. The molecule has 3 rings (SSSR count). The Morgan fingerprint density at radius 2 is 1.87 bits per heavy atom. The molecule has 1 aliphatic heterocycles. The first-order valence-corrected chi connectivity index (χ1v) is 9.15. The van der Waals surface area contributed by atoms with Crippen molar-refractivity contribution < 1.29 is 32.3 Å². The third kappa shape index (κ3) is 4.61. The molecule has 0 bridgehead atoms. The number of fused-ring (bicyclic) bond motifs is 1. The molecule has 0 saturated heterocycles. The van der Waals surface area contributed by atoms with Crippen LogP contribution in [-0.2, 0) is 15.8 Å². The number of benzene rings is 2. The summed E-state index contributed by atoms with van der Waals surface area (Å²) in [4.78, 5) is 37.9. The van der Waals surface area contributed by atoms with Crippen LogP contribution in [0.25, 0.3) is 0 Å². The maximum atomic E-state index is 12.7. The summed E-state index contributed by atoms with van der Waals surface area (Å²) in [5.74, 6) is -0.683. The van der Waals surface area contributed by atoms with Gasteiger partial charge in [-0.05, 0) is 43.3 Å². The number of anilines is 2. The summed E-state index contributed by atoms with van der Waals surface area (Å²) in [6, 6.07) is 8.92. The molecular weight excluding hydrogens is 401 g/mol. The number of halogens is 3. The number of likely N-dealkylation sites (N-methyl/N-ethyl adjacent to an activating group) is 1. The number of Topliss-reactive ketones (excluding diaryl/α,β-unsaturated/α-hetero) is 1. The second-order valence-corrected chi connectivity index (χ2v) is 6.89. The van der Waals surface area contributed by atoms with Crippen LogP contribution in [0.4, 0.5) is 24.5 Å². The molecule has 158 valence electrons. The largest absolute Gasteiger partial charge is 0.479 e. The maximum absolute atomic E-state index is 12.7. The molecule has 0 aliphatic carbocycles. The number of ether oxygens (including phenoxy) is 1. The molecule has 1 unspecified atom stereocenters. The number of carbonyl (C=O) groups is 3. The Hall–Kier alpha value is -3.36. The van der Waals surface area contributed by atoms with Gasteiger partial charge in [-0.1, -0.05) is 6.07 Å². The SMILES string of the molecule is CC1Oc2ccc(C(=O)CCC(=O)Nc3cccc(C(F)(F)F)c3)cc2N(C)C1=O. The molecule has 1 aliphatic rings. The lowest BCUT2D eigenvalue weighted by Gasteiger charge is -2.30. The van der Waals surface area contributed by atoms with Crippen molar-refractivity contribution in [3.05, 3.63) is 53.6 Å². The van der Waals surface area contributed by atoms with Gasteiger partial charge in [0.25, 0.3) is 5.91 Å². The summed E-state index contributed by atoms with van der Waals surface area (Å²) < 4.78 is 43.7. The molecule has 2 amide bonds. The van der Waals surface area contributed by atoms with Crippen molar-refractivity contribution in [2.45, 2.75) is 32.0 Å². The monoisotopic (exact) mass is 420 g/mol. The number of ketones is 1. The zero-order chi connectivity index (χ0) is 22.1. The van der Waals surface area contributed by atoms with Crippen LogP contribution in [0.15, 0.2) is 42.5 Å². The Kier molecular flexibility index (Phi) is 5.82. The van der Waals surface area contributed by atoms with Crippen LogP contribution in [-0.4, -0.2) is 30.7 Å². The van der Waals surface area contributed by atoms with Crippen molar-refractivity contribution >= 4 is 29.0 Å². The fraction of sp³-hybridized carbons (Fsp3) is 0.286. The van der Waals surface area contributed by atoms with Crippen LogP contribution in [0, 0.1) is 0 Å². The Balaban J connectivity index is 1.62.